The molecule has 0 fully saturated rings. The van der Waals surface area contributed by atoms with E-state index in [1.807, 2.05) is 50.2 Å². The molecular formula is C21H22N6O2. The van der Waals surface area contributed by atoms with Crippen molar-refractivity contribution in [3.05, 3.63) is 64.3 Å². The SMILES string of the molecule is CCCOc1ccccc1-c1nc2c(CC)n(Cc3cccnn3)nc2c(=O)[nH]1. The van der Waals surface area contributed by atoms with E-state index >= 15 is 0 Å². The van der Waals surface area contributed by atoms with Gasteiger partial charge in [-0.15, -0.1) is 0 Å². The fourth-order valence-electron chi connectivity index (χ4n) is 3.24. The highest BCUT2D eigenvalue weighted by Gasteiger charge is 2.18. The first kappa shape index (κ1) is 18.8. The smallest absolute Gasteiger partial charge is 0.279 e. The van der Waals surface area contributed by atoms with Gasteiger partial charge in [0.2, 0.25) is 0 Å². The van der Waals surface area contributed by atoms with E-state index in [1.165, 1.54) is 0 Å². The standard InChI is InChI=1S/C21H22N6O2/c1-3-12-29-17-10-6-5-9-15(17)20-23-18-16(4-2)27(26-19(18)21(28)24-20)13-14-8-7-11-22-25-14/h5-11H,3-4,12-13H2,1-2H3,(H,23,24,28). The number of para-hydroxylation sites is 1. The summed E-state index contributed by atoms with van der Waals surface area (Å²) in [7, 11) is 0. The minimum Gasteiger partial charge on any atom is -0.493 e. The fourth-order valence-corrected chi connectivity index (χ4v) is 3.24. The van der Waals surface area contributed by atoms with Crippen LogP contribution in [0.1, 0.15) is 31.7 Å². The Morgan fingerprint density at radius 1 is 1.10 bits per heavy atom. The molecule has 29 heavy (non-hydrogen) atoms. The number of hydrogen-bond acceptors (Lipinski definition) is 6. The Morgan fingerprint density at radius 2 is 1.97 bits per heavy atom. The highest BCUT2D eigenvalue weighted by atomic mass is 16.5. The van der Waals surface area contributed by atoms with Crippen molar-refractivity contribution in [2.45, 2.75) is 33.2 Å². The van der Waals surface area contributed by atoms with Crippen LogP contribution in [-0.4, -0.2) is 36.6 Å². The summed E-state index contributed by atoms with van der Waals surface area (Å²) in [5.41, 5.74) is 3.04. The summed E-state index contributed by atoms with van der Waals surface area (Å²) in [6, 6.07) is 11.3. The number of nitrogens with one attached hydrogen (secondary N) is 1. The van der Waals surface area contributed by atoms with Gasteiger partial charge in [-0.05, 0) is 37.1 Å². The predicted octanol–water partition coefficient (Wildman–Crippen LogP) is 2.98. The summed E-state index contributed by atoms with van der Waals surface area (Å²) < 4.78 is 7.61. The molecule has 0 radical (unpaired) electrons. The summed E-state index contributed by atoms with van der Waals surface area (Å²) >= 11 is 0. The monoisotopic (exact) mass is 390 g/mol. The molecule has 0 aliphatic heterocycles. The number of aryl methyl sites for hydroxylation is 1. The van der Waals surface area contributed by atoms with Crippen molar-refractivity contribution < 1.29 is 4.74 Å². The van der Waals surface area contributed by atoms with Crippen molar-refractivity contribution in [2.24, 2.45) is 0 Å². The quantitative estimate of drug-likeness (QED) is 0.521. The predicted molar refractivity (Wildman–Crippen MR) is 110 cm³/mol. The molecule has 0 spiro atoms. The zero-order valence-electron chi connectivity index (χ0n) is 16.4. The van der Waals surface area contributed by atoms with Crippen molar-refractivity contribution >= 4 is 11.0 Å². The topological polar surface area (TPSA) is 98.6 Å². The number of H-pyrrole nitrogens is 1. The second kappa shape index (κ2) is 8.22. The van der Waals surface area contributed by atoms with Crippen molar-refractivity contribution in [2.75, 3.05) is 6.61 Å². The van der Waals surface area contributed by atoms with E-state index < -0.39 is 0 Å². The first-order valence-electron chi connectivity index (χ1n) is 9.69. The minimum absolute atomic E-state index is 0.275. The summed E-state index contributed by atoms with van der Waals surface area (Å²) in [5.74, 6) is 1.17. The summed E-state index contributed by atoms with van der Waals surface area (Å²) in [5, 5.41) is 12.5. The van der Waals surface area contributed by atoms with Crippen LogP contribution in [0.2, 0.25) is 0 Å². The molecule has 0 saturated carbocycles. The lowest BCUT2D eigenvalue weighted by Gasteiger charge is -2.10. The van der Waals surface area contributed by atoms with Crippen LogP contribution in [0.15, 0.2) is 47.4 Å². The molecule has 0 saturated heterocycles. The molecule has 1 N–H and O–H groups in total. The van der Waals surface area contributed by atoms with Gasteiger partial charge >= 0.3 is 0 Å². The maximum Gasteiger partial charge on any atom is 0.279 e. The number of benzene rings is 1. The lowest BCUT2D eigenvalue weighted by Crippen LogP contribution is -2.10. The molecule has 8 nitrogen and oxygen atoms in total. The lowest BCUT2D eigenvalue weighted by atomic mass is 10.1. The zero-order valence-corrected chi connectivity index (χ0v) is 16.4. The molecule has 1 aromatic carbocycles. The molecule has 0 bridgehead atoms. The Morgan fingerprint density at radius 3 is 2.72 bits per heavy atom. The van der Waals surface area contributed by atoms with Crippen LogP contribution >= 0.6 is 0 Å². The number of rotatable bonds is 7. The van der Waals surface area contributed by atoms with Gasteiger partial charge < -0.3 is 9.72 Å². The number of fused-ring (bicyclic) bond motifs is 1. The van der Waals surface area contributed by atoms with Crippen LogP contribution in [0.5, 0.6) is 5.75 Å². The van der Waals surface area contributed by atoms with Crippen molar-refractivity contribution in [1.82, 2.24) is 29.9 Å². The van der Waals surface area contributed by atoms with Crippen LogP contribution < -0.4 is 10.3 Å². The molecule has 0 aliphatic carbocycles. The average Bonchev–Trinajstić information content (AvgIpc) is 3.10. The van der Waals surface area contributed by atoms with Gasteiger partial charge in [-0.2, -0.15) is 15.3 Å². The number of ether oxygens (including phenoxy) is 1. The first-order valence-corrected chi connectivity index (χ1v) is 9.69. The number of nitrogens with zero attached hydrogens (tertiary/aromatic N) is 5. The molecule has 4 aromatic rings. The van der Waals surface area contributed by atoms with Gasteiger partial charge in [0.25, 0.3) is 5.56 Å². The van der Waals surface area contributed by atoms with E-state index in [0.717, 1.165) is 23.4 Å². The van der Waals surface area contributed by atoms with E-state index in [9.17, 15) is 4.79 Å². The molecule has 0 unspecified atom stereocenters. The van der Waals surface area contributed by atoms with Crippen molar-refractivity contribution in [1.29, 1.82) is 0 Å². The first-order chi connectivity index (χ1) is 14.2. The Kier molecular flexibility index (Phi) is 5.33. The maximum absolute atomic E-state index is 12.8. The third-order valence-electron chi connectivity index (χ3n) is 4.58. The van der Waals surface area contributed by atoms with Gasteiger partial charge in [0.1, 0.15) is 17.1 Å². The highest BCUT2D eigenvalue weighted by molar-refractivity contribution is 5.79. The van der Waals surface area contributed by atoms with Gasteiger partial charge in [-0.1, -0.05) is 26.0 Å². The molecule has 0 atom stereocenters. The van der Waals surface area contributed by atoms with Crippen LogP contribution in [-0.2, 0) is 13.0 Å². The van der Waals surface area contributed by atoms with Gasteiger partial charge in [-0.3, -0.25) is 9.48 Å². The van der Waals surface area contributed by atoms with Crippen LogP contribution in [0, 0.1) is 0 Å². The average molecular weight is 390 g/mol. The zero-order chi connectivity index (χ0) is 20.2. The number of aromatic amines is 1. The van der Waals surface area contributed by atoms with E-state index in [0.29, 0.717) is 42.2 Å². The Hall–Kier alpha value is -3.55. The lowest BCUT2D eigenvalue weighted by molar-refractivity contribution is 0.318. The van der Waals surface area contributed by atoms with Crippen molar-refractivity contribution in [3.63, 3.8) is 0 Å². The Labute approximate surface area is 167 Å². The van der Waals surface area contributed by atoms with Crippen LogP contribution in [0.3, 0.4) is 0 Å². The second-order valence-electron chi connectivity index (χ2n) is 6.63. The third-order valence-corrected chi connectivity index (χ3v) is 4.58. The normalized spacial score (nSPS) is 11.1. The van der Waals surface area contributed by atoms with E-state index in [2.05, 4.69) is 20.3 Å². The molecule has 0 aliphatic rings. The number of aromatic nitrogens is 6. The molecule has 0 amide bonds. The minimum atomic E-state index is -0.275. The largest absolute Gasteiger partial charge is 0.493 e. The van der Waals surface area contributed by atoms with Gasteiger partial charge in [0, 0.05) is 6.20 Å². The number of hydrogen-bond donors (Lipinski definition) is 1. The molecule has 8 heteroatoms. The Balaban J connectivity index is 1.82. The van der Waals surface area contributed by atoms with Crippen LogP contribution in [0.4, 0.5) is 0 Å². The van der Waals surface area contributed by atoms with E-state index in [4.69, 9.17) is 9.72 Å². The van der Waals surface area contributed by atoms with Crippen molar-refractivity contribution in [3.8, 4) is 17.1 Å². The molecule has 3 aromatic heterocycles. The van der Waals surface area contributed by atoms with Gasteiger partial charge in [0.05, 0.1) is 30.1 Å². The third kappa shape index (κ3) is 3.73. The Bertz CT molecular complexity index is 1180. The van der Waals surface area contributed by atoms with Gasteiger partial charge in [0.15, 0.2) is 5.52 Å². The molecule has 4 rings (SSSR count). The van der Waals surface area contributed by atoms with E-state index in [-0.39, 0.29) is 5.56 Å². The molecular weight excluding hydrogens is 368 g/mol. The maximum atomic E-state index is 12.8. The van der Waals surface area contributed by atoms with E-state index in [1.54, 1.807) is 10.9 Å². The fraction of sp³-hybridized carbons (Fsp3) is 0.286. The molecule has 148 valence electrons. The summed E-state index contributed by atoms with van der Waals surface area (Å²) in [6.07, 6.45) is 3.20. The summed E-state index contributed by atoms with van der Waals surface area (Å²) in [6.45, 7) is 5.09. The summed E-state index contributed by atoms with van der Waals surface area (Å²) in [4.78, 5) is 20.4. The molecule has 3 heterocycles. The second-order valence-corrected chi connectivity index (χ2v) is 6.63. The van der Waals surface area contributed by atoms with Crippen LogP contribution in [0.25, 0.3) is 22.4 Å². The van der Waals surface area contributed by atoms with Gasteiger partial charge in [-0.25, -0.2) is 4.98 Å². The highest BCUT2D eigenvalue weighted by Crippen LogP contribution is 2.28.